The average molecular weight is 389 g/mol. The highest BCUT2D eigenvalue weighted by atomic mass is 19.1. The molecule has 0 unspecified atom stereocenters. The summed E-state index contributed by atoms with van der Waals surface area (Å²) in [7, 11) is 0. The minimum atomic E-state index is -0.556. The van der Waals surface area contributed by atoms with Gasteiger partial charge in [-0.1, -0.05) is 0 Å². The van der Waals surface area contributed by atoms with E-state index in [9.17, 15) is 14.0 Å². The predicted octanol–water partition coefficient (Wildman–Crippen LogP) is 3.63. The van der Waals surface area contributed by atoms with Gasteiger partial charge in [0, 0.05) is 18.7 Å². The van der Waals surface area contributed by atoms with E-state index >= 15 is 0 Å². The van der Waals surface area contributed by atoms with Crippen LogP contribution in [0.25, 0.3) is 0 Å². The third-order valence-corrected chi connectivity index (χ3v) is 3.57. The Balaban J connectivity index is 2.04. The molecule has 0 saturated carbocycles. The smallest absolute Gasteiger partial charge is 0.243 e. The molecule has 28 heavy (non-hydrogen) atoms. The second-order valence-corrected chi connectivity index (χ2v) is 5.80. The van der Waals surface area contributed by atoms with Crippen LogP contribution in [-0.2, 0) is 9.59 Å². The van der Waals surface area contributed by atoms with E-state index in [1.807, 2.05) is 13.8 Å². The molecule has 0 atom stereocenters. The Hall–Kier alpha value is -3.29. The maximum atomic E-state index is 13.7. The maximum Gasteiger partial charge on any atom is 0.243 e. The molecule has 2 aromatic rings. The second-order valence-electron chi connectivity index (χ2n) is 5.80. The standard InChI is InChI=1S/C20H24FN3O4/c1-4-27-15-7-9-19(28-5-2)18(11-15)24-20(26)12-22-14-6-8-16(21)17(10-14)23-13(3)25/h6-11,22H,4-5,12H2,1-3H3,(H,23,25)(H,24,26). The molecule has 0 aliphatic rings. The summed E-state index contributed by atoms with van der Waals surface area (Å²) < 4.78 is 24.7. The van der Waals surface area contributed by atoms with Gasteiger partial charge in [-0.2, -0.15) is 0 Å². The van der Waals surface area contributed by atoms with Gasteiger partial charge in [-0.3, -0.25) is 9.59 Å². The average Bonchev–Trinajstić information content (AvgIpc) is 2.64. The zero-order valence-electron chi connectivity index (χ0n) is 16.1. The van der Waals surface area contributed by atoms with Crippen molar-refractivity contribution in [3.63, 3.8) is 0 Å². The lowest BCUT2D eigenvalue weighted by Gasteiger charge is -2.14. The van der Waals surface area contributed by atoms with Gasteiger partial charge in [0.05, 0.1) is 31.1 Å². The zero-order valence-corrected chi connectivity index (χ0v) is 16.1. The Morgan fingerprint density at radius 2 is 1.71 bits per heavy atom. The van der Waals surface area contributed by atoms with E-state index in [-0.39, 0.29) is 24.0 Å². The fraction of sp³-hybridized carbons (Fsp3) is 0.300. The minimum absolute atomic E-state index is 0.0426. The van der Waals surface area contributed by atoms with Crippen molar-refractivity contribution in [2.24, 2.45) is 0 Å². The fourth-order valence-electron chi connectivity index (χ4n) is 2.44. The van der Waals surface area contributed by atoms with E-state index in [2.05, 4.69) is 16.0 Å². The molecule has 0 aliphatic heterocycles. The third kappa shape index (κ3) is 6.15. The van der Waals surface area contributed by atoms with Gasteiger partial charge in [0.15, 0.2) is 0 Å². The summed E-state index contributed by atoms with van der Waals surface area (Å²) in [6.07, 6.45) is 0. The lowest BCUT2D eigenvalue weighted by atomic mass is 10.2. The maximum absolute atomic E-state index is 13.7. The van der Waals surface area contributed by atoms with E-state index in [0.29, 0.717) is 36.1 Å². The molecule has 2 rings (SSSR count). The number of rotatable bonds is 9. The first-order valence-corrected chi connectivity index (χ1v) is 8.93. The molecule has 2 amide bonds. The number of anilines is 3. The molecule has 7 nitrogen and oxygen atoms in total. The Morgan fingerprint density at radius 3 is 2.39 bits per heavy atom. The molecule has 0 aliphatic carbocycles. The summed E-state index contributed by atoms with van der Waals surface area (Å²) in [5.41, 5.74) is 1.03. The lowest BCUT2D eigenvalue weighted by molar-refractivity contribution is -0.115. The van der Waals surface area contributed by atoms with Crippen LogP contribution in [0.2, 0.25) is 0 Å². The van der Waals surface area contributed by atoms with Crippen LogP contribution in [0.3, 0.4) is 0 Å². The van der Waals surface area contributed by atoms with Gasteiger partial charge >= 0.3 is 0 Å². The van der Waals surface area contributed by atoms with Crippen molar-refractivity contribution in [2.75, 3.05) is 35.7 Å². The van der Waals surface area contributed by atoms with Gasteiger partial charge < -0.3 is 25.4 Å². The van der Waals surface area contributed by atoms with Crippen LogP contribution < -0.4 is 25.4 Å². The molecule has 0 fully saturated rings. The highest BCUT2D eigenvalue weighted by Crippen LogP contribution is 2.29. The molecular formula is C20H24FN3O4. The van der Waals surface area contributed by atoms with Crippen molar-refractivity contribution in [3.8, 4) is 11.5 Å². The van der Waals surface area contributed by atoms with Crippen LogP contribution in [0, 0.1) is 5.82 Å². The van der Waals surface area contributed by atoms with E-state index < -0.39 is 5.82 Å². The quantitative estimate of drug-likeness (QED) is 0.609. The number of amides is 2. The highest BCUT2D eigenvalue weighted by molar-refractivity contribution is 5.95. The Morgan fingerprint density at radius 1 is 0.964 bits per heavy atom. The summed E-state index contributed by atoms with van der Waals surface area (Å²) in [6, 6.07) is 9.31. The van der Waals surface area contributed by atoms with E-state index in [1.165, 1.54) is 25.1 Å². The van der Waals surface area contributed by atoms with Gasteiger partial charge in [-0.05, 0) is 44.2 Å². The zero-order chi connectivity index (χ0) is 20.5. The van der Waals surface area contributed by atoms with Crippen molar-refractivity contribution in [1.29, 1.82) is 0 Å². The molecule has 0 aromatic heterocycles. The van der Waals surface area contributed by atoms with Crippen LogP contribution in [0.15, 0.2) is 36.4 Å². The fourth-order valence-corrected chi connectivity index (χ4v) is 2.44. The summed E-state index contributed by atoms with van der Waals surface area (Å²) in [5.74, 6) is -0.104. The van der Waals surface area contributed by atoms with E-state index in [4.69, 9.17) is 9.47 Å². The summed E-state index contributed by atoms with van der Waals surface area (Å²) in [4.78, 5) is 23.4. The Bertz CT molecular complexity index is 842. The SMILES string of the molecule is CCOc1ccc(OCC)c(NC(=O)CNc2ccc(F)c(NC(C)=O)c2)c1. The van der Waals surface area contributed by atoms with E-state index in [0.717, 1.165) is 0 Å². The van der Waals surface area contributed by atoms with Crippen LogP contribution in [-0.4, -0.2) is 31.6 Å². The van der Waals surface area contributed by atoms with Crippen molar-refractivity contribution in [3.05, 3.63) is 42.2 Å². The lowest BCUT2D eigenvalue weighted by Crippen LogP contribution is -2.22. The number of carbonyl (C=O) groups excluding carboxylic acids is 2. The van der Waals surface area contributed by atoms with Gasteiger partial charge in [0.25, 0.3) is 0 Å². The third-order valence-electron chi connectivity index (χ3n) is 3.57. The second kappa shape index (κ2) is 10.1. The summed E-state index contributed by atoms with van der Waals surface area (Å²) >= 11 is 0. The van der Waals surface area contributed by atoms with Gasteiger partial charge in [-0.15, -0.1) is 0 Å². The number of halogens is 1. The van der Waals surface area contributed by atoms with Crippen molar-refractivity contribution < 1.29 is 23.5 Å². The molecule has 3 N–H and O–H groups in total. The number of hydrogen-bond donors (Lipinski definition) is 3. The molecule has 8 heteroatoms. The number of carbonyl (C=O) groups is 2. The molecule has 0 radical (unpaired) electrons. The Labute approximate surface area is 163 Å². The van der Waals surface area contributed by atoms with Crippen molar-refractivity contribution in [2.45, 2.75) is 20.8 Å². The van der Waals surface area contributed by atoms with Crippen LogP contribution in [0.5, 0.6) is 11.5 Å². The number of hydrogen-bond acceptors (Lipinski definition) is 5. The summed E-state index contributed by atoms with van der Waals surface area (Å²) in [6.45, 7) is 5.91. The van der Waals surface area contributed by atoms with E-state index in [1.54, 1.807) is 18.2 Å². The first-order chi connectivity index (χ1) is 13.4. The first-order valence-electron chi connectivity index (χ1n) is 8.93. The van der Waals surface area contributed by atoms with Crippen molar-refractivity contribution >= 4 is 28.9 Å². The molecule has 0 spiro atoms. The Kier molecular flexibility index (Phi) is 7.62. The normalized spacial score (nSPS) is 10.1. The first kappa shape index (κ1) is 21.0. The van der Waals surface area contributed by atoms with Crippen molar-refractivity contribution in [1.82, 2.24) is 0 Å². The van der Waals surface area contributed by atoms with Gasteiger partial charge in [-0.25, -0.2) is 4.39 Å². The van der Waals surface area contributed by atoms with Gasteiger partial charge in [0.1, 0.15) is 17.3 Å². The molecule has 2 aromatic carbocycles. The molecular weight excluding hydrogens is 365 g/mol. The molecule has 0 saturated heterocycles. The largest absolute Gasteiger partial charge is 0.494 e. The van der Waals surface area contributed by atoms with Crippen LogP contribution in [0.1, 0.15) is 20.8 Å². The number of nitrogens with one attached hydrogen (secondary N) is 3. The van der Waals surface area contributed by atoms with Gasteiger partial charge in [0.2, 0.25) is 11.8 Å². The predicted molar refractivity (Wildman–Crippen MR) is 107 cm³/mol. The molecule has 0 bridgehead atoms. The highest BCUT2D eigenvalue weighted by Gasteiger charge is 2.11. The molecule has 150 valence electrons. The summed E-state index contributed by atoms with van der Waals surface area (Å²) in [5, 5.41) is 8.06. The number of ether oxygens (including phenoxy) is 2. The van der Waals surface area contributed by atoms with Crippen LogP contribution >= 0.6 is 0 Å². The minimum Gasteiger partial charge on any atom is -0.494 e. The molecule has 0 heterocycles. The number of benzene rings is 2. The monoisotopic (exact) mass is 389 g/mol. The topological polar surface area (TPSA) is 88.7 Å². The van der Waals surface area contributed by atoms with Crippen LogP contribution in [0.4, 0.5) is 21.5 Å².